The van der Waals surface area contributed by atoms with Gasteiger partial charge in [0.2, 0.25) is 0 Å². The molecule has 0 aliphatic heterocycles. The van der Waals surface area contributed by atoms with E-state index in [1.807, 2.05) is 19.2 Å². The highest BCUT2D eigenvalue weighted by Gasteiger charge is 2.12. The van der Waals surface area contributed by atoms with Crippen molar-refractivity contribution in [1.82, 2.24) is 9.55 Å². The number of imidazole rings is 1. The molecule has 0 amide bonds. The molecule has 1 heterocycles. The van der Waals surface area contributed by atoms with Gasteiger partial charge in [-0.1, -0.05) is 19.9 Å². The van der Waals surface area contributed by atoms with Gasteiger partial charge in [-0.2, -0.15) is 0 Å². The van der Waals surface area contributed by atoms with E-state index in [2.05, 4.69) is 18.8 Å². The van der Waals surface area contributed by atoms with Gasteiger partial charge in [0.05, 0.1) is 5.69 Å². The normalized spacial score (nSPS) is 11.1. The van der Waals surface area contributed by atoms with Crippen LogP contribution in [0.5, 0.6) is 0 Å². The third-order valence-corrected chi connectivity index (χ3v) is 3.04. The van der Waals surface area contributed by atoms with Gasteiger partial charge in [0.25, 0.3) is 0 Å². The number of nitrogens with one attached hydrogen (secondary N) is 1. The van der Waals surface area contributed by atoms with E-state index in [-0.39, 0.29) is 11.7 Å². The van der Waals surface area contributed by atoms with Crippen molar-refractivity contribution < 1.29 is 4.39 Å². The number of rotatable bonds is 2. The molecule has 0 spiro atoms. The van der Waals surface area contributed by atoms with Crippen LogP contribution in [0.3, 0.4) is 0 Å². The van der Waals surface area contributed by atoms with Gasteiger partial charge in [0.15, 0.2) is 4.77 Å². The van der Waals surface area contributed by atoms with Gasteiger partial charge >= 0.3 is 0 Å². The monoisotopic (exact) mass is 250 g/mol. The van der Waals surface area contributed by atoms with Crippen molar-refractivity contribution in [3.8, 4) is 5.69 Å². The topological polar surface area (TPSA) is 20.7 Å². The summed E-state index contributed by atoms with van der Waals surface area (Å²) in [6.45, 7) is 5.98. The average molecular weight is 250 g/mol. The third-order valence-electron chi connectivity index (χ3n) is 2.74. The van der Waals surface area contributed by atoms with E-state index in [0.29, 0.717) is 10.5 Å². The SMILES string of the molecule is Cc1ccc(-n2c(C(C)C)c[nH]c2=S)c(F)c1. The standard InChI is InChI=1S/C13H15FN2S/c1-8(2)12-7-15-13(17)16(12)11-5-4-9(3)6-10(11)14/h4-8H,1-3H3,(H,15,17). The number of hydrogen-bond acceptors (Lipinski definition) is 1. The summed E-state index contributed by atoms with van der Waals surface area (Å²) in [5.41, 5.74) is 2.39. The Hall–Kier alpha value is -1.42. The second kappa shape index (κ2) is 4.45. The van der Waals surface area contributed by atoms with Crippen LogP contribution in [0, 0.1) is 17.5 Å². The first-order chi connectivity index (χ1) is 8.00. The van der Waals surface area contributed by atoms with Gasteiger partial charge < -0.3 is 4.98 Å². The Balaban J connectivity index is 2.68. The zero-order valence-electron chi connectivity index (χ0n) is 10.1. The van der Waals surface area contributed by atoms with E-state index >= 15 is 0 Å². The molecule has 2 rings (SSSR count). The van der Waals surface area contributed by atoms with Crippen molar-refractivity contribution in [1.29, 1.82) is 0 Å². The van der Waals surface area contributed by atoms with Crippen molar-refractivity contribution in [3.05, 3.63) is 46.2 Å². The van der Waals surface area contributed by atoms with Crippen LogP contribution in [0.25, 0.3) is 5.69 Å². The molecule has 0 saturated carbocycles. The molecule has 0 fully saturated rings. The summed E-state index contributed by atoms with van der Waals surface area (Å²) < 4.78 is 16.2. The van der Waals surface area contributed by atoms with Crippen LogP contribution in [-0.4, -0.2) is 9.55 Å². The molecule has 1 aromatic carbocycles. The number of aromatic nitrogens is 2. The molecule has 2 nitrogen and oxygen atoms in total. The lowest BCUT2D eigenvalue weighted by Gasteiger charge is -2.12. The van der Waals surface area contributed by atoms with Gasteiger partial charge in [-0.15, -0.1) is 0 Å². The highest BCUT2D eigenvalue weighted by atomic mass is 32.1. The Labute approximate surface area is 105 Å². The lowest BCUT2D eigenvalue weighted by Crippen LogP contribution is -2.04. The van der Waals surface area contributed by atoms with Crippen molar-refractivity contribution in [3.63, 3.8) is 0 Å². The third kappa shape index (κ3) is 2.17. The van der Waals surface area contributed by atoms with Crippen LogP contribution in [0.15, 0.2) is 24.4 Å². The lowest BCUT2D eigenvalue weighted by atomic mass is 10.1. The zero-order valence-corrected chi connectivity index (χ0v) is 10.9. The average Bonchev–Trinajstić information content (AvgIpc) is 2.60. The second-order valence-corrected chi connectivity index (χ2v) is 4.85. The Morgan fingerprint density at radius 3 is 2.65 bits per heavy atom. The summed E-state index contributed by atoms with van der Waals surface area (Å²) in [4.78, 5) is 2.97. The first kappa shape index (κ1) is 12.0. The van der Waals surface area contributed by atoms with E-state index in [4.69, 9.17) is 12.2 Å². The summed E-state index contributed by atoms with van der Waals surface area (Å²) in [5.74, 6) is 0.0336. The Morgan fingerprint density at radius 1 is 1.35 bits per heavy atom. The minimum atomic E-state index is -0.248. The molecule has 0 radical (unpaired) electrons. The van der Waals surface area contributed by atoms with Crippen molar-refractivity contribution >= 4 is 12.2 Å². The molecule has 17 heavy (non-hydrogen) atoms. The van der Waals surface area contributed by atoms with Crippen LogP contribution >= 0.6 is 12.2 Å². The lowest BCUT2D eigenvalue weighted by molar-refractivity contribution is 0.611. The minimum absolute atomic E-state index is 0.248. The first-order valence-corrected chi connectivity index (χ1v) is 5.98. The van der Waals surface area contributed by atoms with Gasteiger partial charge in [0.1, 0.15) is 5.82 Å². The maximum atomic E-state index is 14.0. The molecule has 0 bridgehead atoms. The summed E-state index contributed by atoms with van der Waals surface area (Å²) >= 11 is 5.21. The molecular weight excluding hydrogens is 235 g/mol. The molecule has 0 aliphatic rings. The quantitative estimate of drug-likeness (QED) is 0.796. The minimum Gasteiger partial charge on any atom is -0.337 e. The predicted octanol–water partition coefficient (Wildman–Crippen LogP) is 4.11. The zero-order chi connectivity index (χ0) is 12.6. The van der Waals surface area contributed by atoms with E-state index in [9.17, 15) is 4.39 Å². The fraction of sp³-hybridized carbons (Fsp3) is 0.308. The number of benzene rings is 1. The number of aryl methyl sites for hydroxylation is 1. The number of nitrogens with zero attached hydrogens (tertiary/aromatic N) is 1. The predicted molar refractivity (Wildman–Crippen MR) is 69.7 cm³/mol. The molecule has 2 aromatic rings. The van der Waals surface area contributed by atoms with Crippen LogP contribution in [0.4, 0.5) is 4.39 Å². The fourth-order valence-electron chi connectivity index (χ4n) is 1.85. The summed E-state index contributed by atoms with van der Waals surface area (Å²) in [5, 5.41) is 0. The molecule has 4 heteroatoms. The maximum absolute atomic E-state index is 14.0. The second-order valence-electron chi connectivity index (χ2n) is 4.46. The van der Waals surface area contributed by atoms with Crippen molar-refractivity contribution in [2.45, 2.75) is 26.7 Å². The van der Waals surface area contributed by atoms with E-state index in [0.717, 1.165) is 11.3 Å². The van der Waals surface area contributed by atoms with E-state index < -0.39 is 0 Å². The molecule has 0 atom stereocenters. The molecule has 0 saturated heterocycles. The van der Waals surface area contributed by atoms with Gasteiger partial charge in [-0.25, -0.2) is 4.39 Å². The molecule has 1 aromatic heterocycles. The number of halogens is 1. The fourth-order valence-corrected chi connectivity index (χ4v) is 2.11. The maximum Gasteiger partial charge on any atom is 0.182 e. The van der Waals surface area contributed by atoms with Crippen LogP contribution in [0.1, 0.15) is 31.0 Å². The number of aromatic amines is 1. The number of H-pyrrole nitrogens is 1. The van der Waals surface area contributed by atoms with Crippen LogP contribution in [-0.2, 0) is 0 Å². The summed E-state index contributed by atoms with van der Waals surface area (Å²) in [6, 6.07) is 5.17. The highest BCUT2D eigenvalue weighted by Crippen LogP contribution is 2.22. The molecule has 90 valence electrons. The van der Waals surface area contributed by atoms with Crippen molar-refractivity contribution in [2.24, 2.45) is 0 Å². The molecule has 0 unspecified atom stereocenters. The number of hydrogen-bond donors (Lipinski definition) is 1. The van der Waals surface area contributed by atoms with Crippen LogP contribution in [0.2, 0.25) is 0 Å². The van der Waals surface area contributed by atoms with E-state index in [1.54, 1.807) is 10.6 Å². The Morgan fingerprint density at radius 2 is 2.06 bits per heavy atom. The molecular formula is C13H15FN2S. The van der Waals surface area contributed by atoms with Gasteiger partial charge in [-0.3, -0.25) is 4.57 Å². The van der Waals surface area contributed by atoms with Gasteiger partial charge in [0, 0.05) is 11.9 Å². The summed E-state index contributed by atoms with van der Waals surface area (Å²) in [6.07, 6.45) is 1.84. The van der Waals surface area contributed by atoms with Gasteiger partial charge in [-0.05, 0) is 42.8 Å². The first-order valence-electron chi connectivity index (χ1n) is 5.57. The Bertz CT molecular complexity index is 596. The van der Waals surface area contributed by atoms with Crippen molar-refractivity contribution in [2.75, 3.05) is 0 Å². The Kier molecular flexibility index (Phi) is 3.15. The smallest absolute Gasteiger partial charge is 0.182 e. The van der Waals surface area contributed by atoms with Crippen LogP contribution < -0.4 is 0 Å². The molecule has 0 aliphatic carbocycles. The summed E-state index contributed by atoms with van der Waals surface area (Å²) in [7, 11) is 0. The molecule has 1 N–H and O–H groups in total. The van der Waals surface area contributed by atoms with E-state index in [1.165, 1.54) is 6.07 Å². The largest absolute Gasteiger partial charge is 0.337 e. The highest BCUT2D eigenvalue weighted by molar-refractivity contribution is 7.71.